The van der Waals surface area contributed by atoms with Crippen LogP contribution in [0, 0.1) is 0 Å². The number of guanidine groups is 1. The van der Waals surface area contributed by atoms with Crippen molar-refractivity contribution in [2.75, 3.05) is 18.5 Å². The van der Waals surface area contributed by atoms with E-state index in [4.69, 9.17) is 10.5 Å². The Bertz CT molecular complexity index is 352. The van der Waals surface area contributed by atoms with Gasteiger partial charge in [0.1, 0.15) is 5.82 Å². The number of halogens is 1. The molecule has 2 rings (SSSR count). The van der Waals surface area contributed by atoms with Crippen LogP contribution >= 0.6 is 24.0 Å². The lowest BCUT2D eigenvalue weighted by Crippen LogP contribution is -2.25. The Morgan fingerprint density at radius 1 is 1.59 bits per heavy atom. The number of aliphatic imine (C=N–C) groups is 1. The molecule has 1 unspecified atom stereocenters. The average Bonchev–Trinajstić information content (AvgIpc) is 2.81. The second-order valence-electron chi connectivity index (χ2n) is 3.70. The number of nitrogens with one attached hydrogen (secondary N) is 1. The minimum atomic E-state index is 0. The molecule has 1 aliphatic rings. The van der Waals surface area contributed by atoms with Crippen LogP contribution in [0.15, 0.2) is 29.4 Å². The normalized spacial score (nSPS) is 19.8. The van der Waals surface area contributed by atoms with Gasteiger partial charge in [0.15, 0.2) is 5.96 Å². The van der Waals surface area contributed by atoms with Gasteiger partial charge in [0, 0.05) is 12.8 Å². The third-order valence-electron chi connectivity index (χ3n) is 2.41. The van der Waals surface area contributed by atoms with Gasteiger partial charge in [0.05, 0.1) is 12.6 Å². The summed E-state index contributed by atoms with van der Waals surface area (Å²) < 4.78 is 5.45. The Morgan fingerprint density at radius 2 is 2.47 bits per heavy atom. The highest BCUT2D eigenvalue weighted by molar-refractivity contribution is 14.0. The lowest BCUT2D eigenvalue weighted by molar-refractivity contribution is 0.118. The molecule has 1 aromatic rings. The largest absolute Gasteiger partial charge is 0.376 e. The molecule has 1 aliphatic heterocycles. The van der Waals surface area contributed by atoms with Crippen molar-refractivity contribution in [3.8, 4) is 0 Å². The Labute approximate surface area is 118 Å². The molecule has 0 saturated carbocycles. The van der Waals surface area contributed by atoms with Gasteiger partial charge in [-0.05, 0) is 25.0 Å². The minimum Gasteiger partial charge on any atom is -0.376 e. The van der Waals surface area contributed by atoms with Gasteiger partial charge in [-0.3, -0.25) is 4.99 Å². The van der Waals surface area contributed by atoms with Crippen molar-refractivity contribution in [2.45, 2.75) is 18.9 Å². The molecule has 1 atom stereocenters. The second kappa shape index (κ2) is 7.44. The highest BCUT2D eigenvalue weighted by Crippen LogP contribution is 2.11. The molecule has 0 amide bonds. The summed E-state index contributed by atoms with van der Waals surface area (Å²) >= 11 is 0. The van der Waals surface area contributed by atoms with Crippen molar-refractivity contribution >= 4 is 35.8 Å². The average molecular weight is 348 g/mol. The lowest BCUT2D eigenvalue weighted by Gasteiger charge is -2.07. The quantitative estimate of drug-likeness (QED) is 0.495. The summed E-state index contributed by atoms with van der Waals surface area (Å²) in [6.45, 7) is 1.46. The van der Waals surface area contributed by atoms with E-state index in [1.165, 1.54) is 0 Å². The number of aromatic nitrogens is 1. The Hall–Kier alpha value is -0.890. The maximum Gasteiger partial charge on any atom is 0.194 e. The molecule has 2 heterocycles. The summed E-state index contributed by atoms with van der Waals surface area (Å²) in [6, 6.07) is 5.59. The predicted molar refractivity (Wildman–Crippen MR) is 78.7 cm³/mol. The SMILES string of the molecule is I.NC(=NCC1CCCO1)Nc1ccccn1. The van der Waals surface area contributed by atoms with Crippen molar-refractivity contribution in [3.05, 3.63) is 24.4 Å². The van der Waals surface area contributed by atoms with Gasteiger partial charge in [-0.1, -0.05) is 6.07 Å². The number of anilines is 1. The van der Waals surface area contributed by atoms with Gasteiger partial charge < -0.3 is 15.8 Å². The van der Waals surface area contributed by atoms with Crippen molar-refractivity contribution in [2.24, 2.45) is 10.7 Å². The van der Waals surface area contributed by atoms with Crippen molar-refractivity contribution in [1.29, 1.82) is 0 Å². The summed E-state index contributed by atoms with van der Waals surface area (Å²) in [5.74, 6) is 1.09. The van der Waals surface area contributed by atoms with Crippen LogP contribution in [0.4, 0.5) is 5.82 Å². The highest BCUT2D eigenvalue weighted by Gasteiger charge is 2.14. The van der Waals surface area contributed by atoms with Crippen LogP contribution < -0.4 is 11.1 Å². The molecular weight excluding hydrogens is 331 g/mol. The molecule has 1 fully saturated rings. The van der Waals surface area contributed by atoms with Crippen LogP contribution in [0.5, 0.6) is 0 Å². The molecule has 94 valence electrons. The molecule has 5 nitrogen and oxygen atoms in total. The lowest BCUT2D eigenvalue weighted by atomic mass is 10.2. The maximum atomic E-state index is 5.73. The standard InChI is InChI=1S/C11H16N4O.HI/c12-11(14-8-9-4-3-7-16-9)15-10-5-1-2-6-13-10;/h1-2,5-6,9H,3-4,7-8H2,(H3,12,13,14,15);1H. The van der Waals surface area contributed by atoms with E-state index >= 15 is 0 Å². The number of hydrogen-bond acceptors (Lipinski definition) is 3. The predicted octanol–water partition coefficient (Wildman–Crippen LogP) is 1.61. The molecule has 0 radical (unpaired) electrons. The first-order valence-corrected chi connectivity index (χ1v) is 5.44. The molecular formula is C11H17IN4O. The smallest absolute Gasteiger partial charge is 0.194 e. The van der Waals surface area contributed by atoms with Gasteiger partial charge in [0.25, 0.3) is 0 Å². The molecule has 6 heteroatoms. The van der Waals surface area contributed by atoms with Crippen LogP contribution in [-0.4, -0.2) is 30.2 Å². The van der Waals surface area contributed by atoms with Crippen LogP contribution in [0.2, 0.25) is 0 Å². The van der Waals surface area contributed by atoms with E-state index in [1.54, 1.807) is 6.20 Å². The minimum absolute atomic E-state index is 0. The van der Waals surface area contributed by atoms with E-state index in [0.717, 1.165) is 19.4 Å². The molecule has 3 N–H and O–H groups in total. The zero-order chi connectivity index (χ0) is 11.2. The topological polar surface area (TPSA) is 72.5 Å². The molecule has 0 bridgehead atoms. The molecule has 1 saturated heterocycles. The highest BCUT2D eigenvalue weighted by atomic mass is 127. The monoisotopic (exact) mass is 348 g/mol. The molecule has 17 heavy (non-hydrogen) atoms. The number of nitrogens with zero attached hydrogens (tertiary/aromatic N) is 2. The fourth-order valence-corrected chi connectivity index (χ4v) is 1.60. The van der Waals surface area contributed by atoms with Crippen LogP contribution in [0.1, 0.15) is 12.8 Å². The number of hydrogen-bond donors (Lipinski definition) is 2. The summed E-state index contributed by atoms with van der Waals surface area (Å²) in [7, 11) is 0. The zero-order valence-electron chi connectivity index (χ0n) is 9.50. The molecule has 1 aromatic heterocycles. The Morgan fingerprint density at radius 3 is 3.12 bits per heavy atom. The van der Waals surface area contributed by atoms with Gasteiger partial charge in [0.2, 0.25) is 0 Å². The Balaban J connectivity index is 0.00000144. The van der Waals surface area contributed by atoms with Crippen molar-refractivity contribution in [1.82, 2.24) is 4.98 Å². The fourth-order valence-electron chi connectivity index (χ4n) is 1.60. The van der Waals surface area contributed by atoms with Crippen LogP contribution in [-0.2, 0) is 4.74 Å². The van der Waals surface area contributed by atoms with E-state index in [2.05, 4.69) is 15.3 Å². The molecule has 0 aromatic carbocycles. The first-order valence-electron chi connectivity index (χ1n) is 5.44. The summed E-state index contributed by atoms with van der Waals surface area (Å²) in [6.07, 6.45) is 4.12. The fraction of sp³-hybridized carbons (Fsp3) is 0.455. The van der Waals surface area contributed by atoms with Crippen LogP contribution in [0.25, 0.3) is 0 Å². The number of ether oxygens (including phenoxy) is 1. The Kier molecular flexibility index (Phi) is 6.20. The third kappa shape index (κ3) is 4.86. The van der Waals surface area contributed by atoms with Crippen molar-refractivity contribution in [3.63, 3.8) is 0 Å². The van der Waals surface area contributed by atoms with Gasteiger partial charge in [-0.15, -0.1) is 24.0 Å². The first-order chi connectivity index (χ1) is 7.84. The number of rotatable bonds is 3. The summed E-state index contributed by atoms with van der Waals surface area (Å²) in [5, 5.41) is 2.93. The van der Waals surface area contributed by atoms with Crippen LogP contribution in [0.3, 0.4) is 0 Å². The van der Waals surface area contributed by atoms with E-state index in [-0.39, 0.29) is 30.1 Å². The van der Waals surface area contributed by atoms with Gasteiger partial charge in [-0.2, -0.15) is 0 Å². The first kappa shape index (κ1) is 14.2. The summed E-state index contributed by atoms with van der Waals surface area (Å²) in [4.78, 5) is 8.32. The van der Waals surface area contributed by atoms with Gasteiger partial charge in [-0.25, -0.2) is 4.98 Å². The van der Waals surface area contributed by atoms with E-state index in [0.29, 0.717) is 18.3 Å². The zero-order valence-corrected chi connectivity index (χ0v) is 11.8. The maximum absolute atomic E-state index is 5.73. The second-order valence-corrected chi connectivity index (χ2v) is 3.70. The van der Waals surface area contributed by atoms with Gasteiger partial charge >= 0.3 is 0 Å². The summed E-state index contributed by atoms with van der Waals surface area (Å²) in [5.41, 5.74) is 5.73. The van der Waals surface area contributed by atoms with E-state index in [9.17, 15) is 0 Å². The van der Waals surface area contributed by atoms with Crippen molar-refractivity contribution < 1.29 is 4.74 Å². The van der Waals surface area contributed by atoms with E-state index in [1.807, 2.05) is 18.2 Å². The third-order valence-corrected chi connectivity index (χ3v) is 2.41. The number of nitrogens with two attached hydrogens (primary N) is 1. The molecule has 0 spiro atoms. The number of pyridine rings is 1. The molecule has 0 aliphatic carbocycles. The van der Waals surface area contributed by atoms with E-state index < -0.39 is 0 Å².